The van der Waals surface area contributed by atoms with Crippen LogP contribution in [0.1, 0.15) is 48.5 Å². The molecule has 1 aromatic rings. The molecule has 0 amide bonds. The molecular weight excluding hydrogens is 212 g/mol. The second-order valence-electron chi connectivity index (χ2n) is 4.92. The molecule has 1 aliphatic rings. The average molecular weight is 232 g/mol. The van der Waals surface area contributed by atoms with Crippen LogP contribution in [0.15, 0.2) is 12.3 Å². The van der Waals surface area contributed by atoms with Crippen LogP contribution < -0.4 is 4.90 Å². The van der Waals surface area contributed by atoms with Gasteiger partial charge in [-0.15, -0.1) is 0 Å². The van der Waals surface area contributed by atoms with Gasteiger partial charge in [-0.3, -0.25) is 4.79 Å². The van der Waals surface area contributed by atoms with E-state index in [1.54, 1.807) is 6.20 Å². The lowest BCUT2D eigenvalue weighted by Crippen LogP contribution is -2.33. The highest BCUT2D eigenvalue weighted by molar-refractivity contribution is 5.75. The molecule has 0 radical (unpaired) electrons. The number of anilines is 1. The highest BCUT2D eigenvalue weighted by Gasteiger charge is 2.19. The number of hydrogen-bond donors (Lipinski definition) is 0. The fraction of sp³-hybridized carbons (Fsp3) is 0.571. The highest BCUT2D eigenvalue weighted by atomic mass is 16.1. The summed E-state index contributed by atoms with van der Waals surface area (Å²) in [4.78, 5) is 17.6. The number of aldehydes is 1. The maximum Gasteiger partial charge on any atom is 0.151 e. The smallest absolute Gasteiger partial charge is 0.151 e. The van der Waals surface area contributed by atoms with Crippen molar-refractivity contribution < 1.29 is 4.79 Å². The van der Waals surface area contributed by atoms with Crippen molar-refractivity contribution in [3.63, 3.8) is 0 Å². The molecule has 17 heavy (non-hydrogen) atoms. The Balaban J connectivity index is 2.28. The van der Waals surface area contributed by atoms with Gasteiger partial charge >= 0.3 is 0 Å². The summed E-state index contributed by atoms with van der Waals surface area (Å²) in [5.74, 6) is 1.05. The Morgan fingerprint density at radius 3 is 2.94 bits per heavy atom. The van der Waals surface area contributed by atoms with Crippen LogP contribution in [-0.4, -0.2) is 23.9 Å². The maximum absolute atomic E-state index is 10.7. The largest absolute Gasteiger partial charge is 0.354 e. The molecular formula is C14H20N2O. The van der Waals surface area contributed by atoms with Crippen molar-refractivity contribution in [2.24, 2.45) is 0 Å². The van der Waals surface area contributed by atoms with Crippen LogP contribution in [0.2, 0.25) is 0 Å². The molecule has 3 nitrogen and oxygen atoms in total. The molecule has 0 spiro atoms. The summed E-state index contributed by atoms with van der Waals surface area (Å²) in [5, 5.41) is 0. The van der Waals surface area contributed by atoms with Crippen molar-refractivity contribution in [3.8, 4) is 0 Å². The molecule has 3 heteroatoms. The second-order valence-corrected chi connectivity index (χ2v) is 4.92. The van der Waals surface area contributed by atoms with Gasteiger partial charge in [0.15, 0.2) is 6.29 Å². The molecule has 1 unspecified atom stereocenters. The Kier molecular flexibility index (Phi) is 3.77. The minimum absolute atomic E-state index is 0.547. The fourth-order valence-electron chi connectivity index (χ4n) is 2.54. The third-order valence-electron chi connectivity index (χ3n) is 3.53. The van der Waals surface area contributed by atoms with Crippen LogP contribution >= 0.6 is 0 Å². The summed E-state index contributed by atoms with van der Waals surface area (Å²) in [6, 6.07) is 2.47. The molecule has 2 rings (SSSR count). The molecule has 0 aliphatic carbocycles. The number of carbonyl (C=O) groups is 1. The van der Waals surface area contributed by atoms with E-state index in [2.05, 4.69) is 16.8 Å². The Morgan fingerprint density at radius 2 is 2.24 bits per heavy atom. The monoisotopic (exact) mass is 232 g/mol. The van der Waals surface area contributed by atoms with Gasteiger partial charge in [0.2, 0.25) is 0 Å². The number of rotatable bonds is 2. The summed E-state index contributed by atoms with van der Waals surface area (Å²) in [6.45, 7) is 5.38. The summed E-state index contributed by atoms with van der Waals surface area (Å²) in [5.41, 5.74) is 1.76. The predicted octanol–water partition coefficient (Wildman–Crippen LogP) is 2.97. The predicted molar refractivity (Wildman–Crippen MR) is 69.6 cm³/mol. The Bertz CT molecular complexity index is 403. The van der Waals surface area contributed by atoms with Crippen molar-refractivity contribution >= 4 is 12.1 Å². The molecule has 1 aromatic heterocycles. The molecule has 1 aliphatic heterocycles. The van der Waals surface area contributed by atoms with Crippen LogP contribution in [0.5, 0.6) is 0 Å². The average Bonchev–Trinajstić information content (AvgIpc) is 2.54. The van der Waals surface area contributed by atoms with Crippen molar-refractivity contribution in [2.75, 3.05) is 11.4 Å². The first-order valence-electron chi connectivity index (χ1n) is 6.41. The molecule has 0 aromatic carbocycles. The zero-order valence-corrected chi connectivity index (χ0v) is 10.6. The Morgan fingerprint density at radius 1 is 1.41 bits per heavy atom. The molecule has 1 fully saturated rings. The Labute approximate surface area is 103 Å². The van der Waals surface area contributed by atoms with Gasteiger partial charge in [0.05, 0.1) is 0 Å². The van der Waals surface area contributed by atoms with E-state index in [1.165, 1.54) is 25.7 Å². The summed E-state index contributed by atoms with van der Waals surface area (Å²) in [6.07, 6.45) is 7.62. The van der Waals surface area contributed by atoms with Crippen LogP contribution in [0.4, 0.5) is 5.82 Å². The Hall–Kier alpha value is -1.38. The zero-order valence-electron chi connectivity index (χ0n) is 10.6. The standard InChI is InChI=1S/C14H20N2O/c1-11-8-13(10-17)9-15-14(11)16-7-5-3-4-6-12(16)2/h8-10,12H,3-7H2,1-2H3. The van der Waals surface area contributed by atoms with Crippen molar-refractivity contribution in [3.05, 3.63) is 23.4 Å². The van der Waals surface area contributed by atoms with E-state index in [1.807, 2.05) is 13.0 Å². The van der Waals surface area contributed by atoms with Gasteiger partial charge in [-0.2, -0.15) is 0 Å². The van der Waals surface area contributed by atoms with Gasteiger partial charge in [0.25, 0.3) is 0 Å². The molecule has 0 saturated carbocycles. The molecule has 92 valence electrons. The lowest BCUT2D eigenvalue weighted by molar-refractivity contribution is 0.112. The van der Waals surface area contributed by atoms with Crippen LogP contribution in [0, 0.1) is 6.92 Å². The maximum atomic E-state index is 10.7. The van der Waals surface area contributed by atoms with Crippen molar-refractivity contribution in [2.45, 2.75) is 45.6 Å². The van der Waals surface area contributed by atoms with Gasteiger partial charge in [0.1, 0.15) is 5.82 Å². The minimum Gasteiger partial charge on any atom is -0.354 e. The number of aryl methyl sites for hydroxylation is 1. The minimum atomic E-state index is 0.547. The topological polar surface area (TPSA) is 33.2 Å². The van der Waals surface area contributed by atoms with E-state index in [9.17, 15) is 4.79 Å². The van der Waals surface area contributed by atoms with Gasteiger partial charge < -0.3 is 4.90 Å². The zero-order chi connectivity index (χ0) is 12.3. The summed E-state index contributed by atoms with van der Waals surface area (Å²) >= 11 is 0. The van der Waals surface area contributed by atoms with Crippen LogP contribution in [0.25, 0.3) is 0 Å². The fourth-order valence-corrected chi connectivity index (χ4v) is 2.54. The van der Waals surface area contributed by atoms with E-state index in [0.717, 1.165) is 24.2 Å². The molecule has 2 heterocycles. The van der Waals surface area contributed by atoms with E-state index >= 15 is 0 Å². The molecule has 1 saturated heterocycles. The highest BCUT2D eigenvalue weighted by Crippen LogP contribution is 2.25. The number of carbonyl (C=O) groups excluding carboxylic acids is 1. The van der Waals surface area contributed by atoms with E-state index in [-0.39, 0.29) is 0 Å². The van der Waals surface area contributed by atoms with Crippen LogP contribution in [0.3, 0.4) is 0 Å². The molecule has 0 bridgehead atoms. The van der Waals surface area contributed by atoms with E-state index < -0.39 is 0 Å². The van der Waals surface area contributed by atoms with Gasteiger partial charge in [-0.1, -0.05) is 12.8 Å². The second kappa shape index (κ2) is 5.30. The normalized spacial score (nSPS) is 21.1. The first-order chi connectivity index (χ1) is 8.22. The third kappa shape index (κ3) is 2.65. The number of pyridine rings is 1. The quantitative estimate of drug-likeness (QED) is 0.735. The van der Waals surface area contributed by atoms with Gasteiger partial charge in [0, 0.05) is 24.3 Å². The van der Waals surface area contributed by atoms with Crippen molar-refractivity contribution in [1.82, 2.24) is 4.98 Å². The van der Waals surface area contributed by atoms with E-state index in [4.69, 9.17) is 0 Å². The SMILES string of the molecule is Cc1cc(C=O)cnc1N1CCCCCC1C. The number of aromatic nitrogens is 1. The van der Waals surface area contributed by atoms with Crippen LogP contribution in [-0.2, 0) is 0 Å². The summed E-state index contributed by atoms with van der Waals surface area (Å²) < 4.78 is 0. The first kappa shape index (κ1) is 12.1. The lowest BCUT2D eigenvalue weighted by Gasteiger charge is -2.29. The first-order valence-corrected chi connectivity index (χ1v) is 6.41. The number of hydrogen-bond acceptors (Lipinski definition) is 3. The molecule has 1 atom stereocenters. The van der Waals surface area contributed by atoms with E-state index in [0.29, 0.717) is 11.6 Å². The molecule has 0 N–H and O–H groups in total. The summed E-state index contributed by atoms with van der Waals surface area (Å²) in [7, 11) is 0. The lowest BCUT2D eigenvalue weighted by atomic mass is 10.1. The van der Waals surface area contributed by atoms with Crippen molar-refractivity contribution in [1.29, 1.82) is 0 Å². The van der Waals surface area contributed by atoms with Gasteiger partial charge in [-0.25, -0.2) is 4.98 Å². The number of nitrogens with zero attached hydrogens (tertiary/aromatic N) is 2. The third-order valence-corrected chi connectivity index (χ3v) is 3.53. The van der Waals surface area contributed by atoms with Gasteiger partial charge in [-0.05, 0) is 38.3 Å².